The van der Waals surface area contributed by atoms with Crippen LogP contribution in [-0.4, -0.2) is 4.98 Å². The van der Waals surface area contributed by atoms with Crippen LogP contribution in [0.4, 0.5) is 11.5 Å². The largest absolute Gasteiger partial charge is 0.338 e. The molecule has 0 saturated heterocycles. The van der Waals surface area contributed by atoms with Gasteiger partial charge in [0.25, 0.3) is 0 Å². The van der Waals surface area contributed by atoms with E-state index >= 15 is 0 Å². The summed E-state index contributed by atoms with van der Waals surface area (Å²) < 4.78 is 0.945. The molecule has 1 aromatic heterocycles. The Labute approximate surface area is 128 Å². The van der Waals surface area contributed by atoms with Crippen LogP contribution in [0.1, 0.15) is 5.56 Å². The van der Waals surface area contributed by atoms with Crippen LogP contribution in [0, 0.1) is 14.9 Å². The maximum Gasteiger partial charge on any atom is 0.150 e. The zero-order valence-electron chi connectivity index (χ0n) is 8.92. The Morgan fingerprint density at radius 1 is 1.28 bits per heavy atom. The molecule has 0 amide bonds. The van der Waals surface area contributed by atoms with Crippen molar-refractivity contribution in [1.82, 2.24) is 4.98 Å². The molecule has 0 aliphatic heterocycles. The van der Waals surface area contributed by atoms with Gasteiger partial charge in [0.15, 0.2) is 5.82 Å². The lowest BCUT2D eigenvalue weighted by Gasteiger charge is -2.09. The summed E-state index contributed by atoms with van der Waals surface area (Å²) in [7, 11) is 0. The lowest BCUT2D eigenvalue weighted by molar-refractivity contribution is 1.29. The molecule has 0 fully saturated rings. The van der Waals surface area contributed by atoms with E-state index in [0.717, 1.165) is 9.26 Å². The van der Waals surface area contributed by atoms with E-state index in [2.05, 4.69) is 32.9 Å². The predicted molar refractivity (Wildman–Crippen MR) is 81.4 cm³/mol. The molecule has 0 atom stereocenters. The van der Waals surface area contributed by atoms with Crippen molar-refractivity contribution in [2.24, 2.45) is 0 Å². The number of pyridine rings is 1. The highest BCUT2D eigenvalue weighted by Crippen LogP contribution is 2.29. The lowest BCUT2D eigenvalue weighted by atomic mass is 10.2. The first kappa shape index (κ1) is 13.4. The Balaban J connectivity index is 2.38. The van der Waals surface area contributed by atoms with Crippen molar-refractivity contribution >= 4 is 57.3 Å². The molecule has 0 aliphatic rings. The number of nitrogens with zero attached hydrogens (tertiary/aromatic N) is 2. The maximum atomic E-state index is 8.89. The highest BCUT2D eigenvalue weighted by atomic mass is 127. The number of halogens is 3. The van der Waals surface area contributed by atoms with Gasteiger partial charge in [0.2, 0.25) is 0 Å². The Kier molecular flexibility index (Phi) is 4.27. The molecule has 18 heavy (non-hydrogen) atoms. The molecule has 0 aliphatic carbocycles. The average molecular weight is 390 g/mol. The monoisotopic (exact) mass is 389 g/mol. The van der Waals surface area contributed by atoms with E-state index < -0.39 is 0 Å². The molecule has 6 heteroatoms. The van der Waals surface area contributed by atoms with Gasteiger partial charge in [-0.25, -0.2) is 4.98 Å². The van der Waals surface area contributed by atoms with Crippen LogP contribution in [-0.2, 0) is 0 Å². The lowest BCUT2D eigenvalue weighted by Crippen LogP contribution is -1.97. The van der Waals surface area contributed by atoms with Gasteiger partial charge in [-0.2, -0.15) is 5.26 Å². The van der Waals surface area contributed by atoms with Gasteiger partial charge in [0.05, 0.1) is 11.3 Å². The van der Waals surface area contributed by atoms with Gasteiger partial charge in [0, 0.05) is 14.8 Å². The zero-order chi connectivity index (χ0) is 13.1. The summed E-state index contributed by atoms with van der Waals surface area (Å²) in [6.45, 7) is 0. The summed E-state index contributed by atoms with van der Waals surface area (Å²) in [5.41, 5.74) is 1.22. The molecule has 0 spiro atoms. The molecule has 1 heterocycles. The highest BCUT2D eigenvalue weighted by Gasteiger charge is 2.09. The van der Waals surface area contributed by atoms with Crippen molar-refractivity contribution in [2.75, 3.05) is 5.32 Å². The summed E-state index contributed by atoms with van der Waals surface area (Å²) in [6, 6.07) is 9.01. The van der Waals surface area contributed by atoms with E-state index in [0.29, 0.717) is 21.4 Å². The Bertz CT molecular complexity index is 638. The molecule has 90 valence electrons. The maximum absolute atomic E-state index is 8.89. The molecule has 0 saturated carbocycles. The molecular formula is C12H6Cl2IN3. The van der Waals surface area contributed by atoms with Crippen LogP contribution in [0.2, 0.25) is 10.0 Å². The summed E-state index contributed by atoms with van der Waals surface area (Å²) in [6.07, 6.45) is 1.54. The second-order valence-corrected chi connectivity index (χ2v) is 5.36. The molecule has 0 radical (unpaired) electrons. The molecular weight excluding hydrogens is 384 g/mol. The number of hydrogen-bond acceptors (Lipinski definition) is 3. The Hall–Kier alpha value is -1.03. The average Bonchev–Trinajstić information content (AvgIpc) is 2.35. The Morgan fingerprint density at radius 2 is 2.06 bits per heavy atom. The van der Waals surface area contributed by atoms with Gasteiger partial charge in [-0.3, -0.25) is 0 Å². The number of hydrogen-bond donors (Lipinski definition) is 1. The molecule has 2 aromatic rings. The molecule has 2 rings (SSSR count). The van der Waals surface area contributed by atoms with E-state index in [1.807, 2.05) is 18.2 Å². The quantitative estimate of drug-likeness (QED) is 0.763. The van der Waals surface area contributed by atoms with Crippen molar-refractivity contribution < 1.29 is 0 Å². The van der Waals surface area contributed by atoms with Crippen molar-refractivity contribution in [2.45, 2.75) is 0 Å². The summed E-state index contributed by atoms with van der Waals surface area (Å²) in [5, 5.41) is 12.9. The van der Waals surface area contributed by atoms with E-state index in [1.54, 1.807) is 12.1 Å². The number of aromatic nitrogens is 1. The van der Waals surface area contributed by atoms with Crippen LogP contribution in [0.3, 0.4) is 0 Å². The Morgan fingerprint density at radius 3 is 2.72 bits per heavy atom. The van der Waals surface area contributed by atoms with Gasteiger partial charge in [-0.15, -0.1) is 0 Å². The van der Waals surface area contributed by atoms with Crippen molar-refractivity contribution in [3.05, 3.63) is 49.6 Å². The first-order valence-electron chi connectivity index (χ1n) is 4.88. The van der Waals surface area contributed by atoms with E-state index in [1.165, 1.54) is 6.20 Å². The number of benzene rings is 1. The first-order chi connectivity index (χ1) is 8.61. The number of anilines is 2. The smallest absolute Gasteiger partial charge is 0.150 e. The van der Waals surface area contributed by atoms with Gasteiger partial charge >= 0.3 is 0 Å². The molecule has 1 aromatic carbocycles. The fourth-order valence-corrected chi connectivity index (χ4v) is 2.54. The van der Waals surface area contributed by atoms with Crippen LogP contribution in [0.15, 0.2) is 30.5 Å². The third kappa shape index (κ3) is 2.86. The molecule has 0 unspecified atom stereocenters. The highest BCUT2D eigenvalue weighted by molar-refractivity contribution is 14.1. The van der Waals surface area contributed by atoms with Crippen LogP contribution >= 0.6 is 45.8 Å². The number of nitriles is 1. The van der Waals surface area contributed by atoms with E-state index in [4.69, 9.17) is 28.5 Å². The standard InChI is InChI=1S/C12H6Cl2IN3/c13-8-1-2-10(9(15)5-8)18-12-11(14)7(6-16)3-4-17-12/h1-5H,(H,17,18). The summed E-state index contributed by atoms with van der Waals surface area (Å²) in [5.74, 6) is 0.455. The summed E-state index contributed by atoms with van der Waals surface area (Å²) >= 11 is 14.1. The normalized spacial score (nSPS) is 9.89. The fraction of sp³-hybridized carbons (Fsp3) is 0. The minimum absolute atomic E-state index is 0.311. The van der Waals surface area contributed by atoms with Gasteiger partial charge in [-0.05, 0) is 46.9 Å². The minimum atomic E-state index is 0.311. The van der Waals surface area contributed by atoms with E-state index in [-0.39, 0.29) is 0 Å². The van der Waals surface area contributed by atoms with Crippen LogP contribution in [0.5, 0.6) is 0 Å². The van der Waals surface area contributed by atoms with E-state index in [9.17, 15) is 0 Å². The second kappa shape index (κ2) is 5.74. The molecule has 0 bridgehead atoms. The second-order valence-electron chi connectivity index (χ2n) is 3.38. The predicted octanol–water partition coefficient (Wildman–Crippen LogP) is 4.61. The fourth-order valence-electron chi connectivity index (χ4n) is 1.34. The van der Waals surface area contributed by atoms with Gasteiger partial charge in [-0.1, -0.05) is 23.2 Å². The first-order valence-corrected chi connectivity index (χ1v) is 6.72. The van der Waals surface area contributed by atoms with Gasteiger partial charge in [0.1, 0.15) is 11.1 Å². The SMILES string of the molecule is N#Cc1ccnc(Nc2ccc(Cl)cc2I)c1Cl. The van der Waals surface area contributed by atoms with Gasteiger partial charge < -0.3 is 5.32 Å². The van der Waals surface area contributed by atoms with Crippen molar-refractivity contribution in [3.8, 4) is 6.07 Å². The summed E-state index contributed by atoms with van der Waals surface area (Å²) in [4.78, 5) is 4.12. The van der Waals surface area contributed by atoms with Crippen LogP contribution < -0.4 is 5.32 Å². The zero-order valence-corrected chi connectivity index (χ0v) is 12.6. The minimum Gasteiger partial charge on any atom is -0.338 e. The molecule has 3 nitrogen and oxygen atoms in total. The van der Waals surface area contributed by atoms with Crippen molar-refractivity contribution in [1.29, 1.82) is 5.26 Å². The third-order valence-corrected chi connectivity index (χ3v) is 3.70. The van der Waals surface area contributed by atoms with Crippen LogP contribution in [0.25, 0.3) is 0 Å². The third-order valence-electron chi connectivity index (χ3n) is 2.19. The number of rotatable bonds is 2. The number of nitrogens with one attached hydrogen (secondary N) is 1. The van der Waals surface area contributed by atoms with Crippen molar-refractivity contribution in [3.63, 3.8) is 0 Å². The molecule has 1 N–H and O–H groups in total. The topological polar surface area (TPSA) is 48.7 Å².